The molecule has 0 N–H and O–H groups in total. The number of hydrogen-bond donors (Lipinski definition) is 0. The highest BCUT2D eigenvalue weighted by Gasteiger charge is 2.04. The molecule has 2 rings (SSSR count). The second kappa shape index (κ2) is 4.26. The van der Waals surface area contributed by atoms with Crippen molar-refractivity contribution in [2.24, 2.45) is 0 Å². The van der Waals surface area contributed by atoms with E-state index in [4.69, 9.17) is 5.26 Å². The smallest absolute Gasteiger partial charge is 0.0700 e. The molecule has 1 aromatic heterocycles. The van der Waals surface area contributed by atoms with E-state index >= 15 is 0 Å². The van der Waals surface area contributed by atoms with Gasteiger partial charge in [0, 0.05) is 4.70 Å². The molecule has 0 aliphatic heterocycles. The molecule has 0 spiro atoms. The highest BCUT2D eigenvalue weighted by atomic mass is 32.1. The van der Waals surface area contributed by atoms with Gasteiger partial charge in [-0.3, -0.25) is 0 Å². The Labute approximate surface area is 88.6 Å². The molecule has 1 unspecified atom stereocenters. The van der Waals surface area contributed by atoms with Crippen LogP contribution in [-0.4, -0.2) is 0 Å². The number of nitriles is 1. The third-order valence-corrected chi connectivity index (χ3v) is 3.07. The lowest BCUT2D eigenvalue weighted by atomic mass is 10.0. The molecule has 0 bridgehead atoms. The molecular weight excluding hydrogens is 190 g/mol. The van der Waals surface area contributed by atoms with Crippen LogP contribution in [0.2, 0.25) is 0 Å². The third-order valence-electron chi connectivity index (χ3n) is 2.17. The Morgan fingerprint density at radius 1 is 1.36 bits per heavy atom. The molecule has 0 radical (unpaired) electrons. The minimum Gasteiger partial charge on any atom is -0.198 e. The van der Waals surface area contributed by atoms with E-state index in [2.05, 4.69) is 29.6 Å². The lowest BCUT2D eigenvalue weighted by Crippen LogP contribution is -1.87. The maximum Gasteiger partial charge on any atom is 0.0700 e. The van der Waals surface area contributed by atoms with Crippen LogP contribution < -0.4 is 0 Å². The van der Waals surface area contributed by atoms with Crippen molar-refractivity contribution in [3.63, 3.8) is 0 Å². The minimum absolute atomic E-state index is 0. The van der Waals surface area contributed by atoms with Gasteiger partial charge < -0.3 is 0 Å². The van der Waals surface area contributed by atoms with Crippen molar-refractivity contribution in [1.82, 2.24) is 0 Å². The zero-order chi connectivity index (χ0) is 9.26. The Kier molecular flexibility index (Phi) is 3.27. The molecule has 0 saturated heterocycles. The molecule has 2 aromatic rings. The van der Waals surface area contributed by atoms with Crippen LogP contribution in [0.3, 0.4) is 0 Å². The molecule has 0 fully saturated rings. The summed E-state index contributed by atoms with van der Waals surface area (Å²) in [5.74, 6) is -0.00991. The Bertz CT molecular complexity index is 464. The second-order valence-electron chi connectivity index (χ2n) is 3.07. The Morgan fingerprint density at radius 3 is 2.86 bits per heavy atom. The van der Waals surface area contributed by atoms with E-state index < -0.39 is 0 Å². The normalized spacial score (nSPS) is 11.7. The van der Waals surface area contributed by atoms with Crippen LogP contribution in [0, 0.1) is 11.3 Å². The van der Waals surface area contributed by atoms with Crippen LogP contribution in [0.5, 0.6) is 0 Å². The molecule has 0 amide bonds. The number of benzene rings is 1. The summed E-state index contributed by atoms with van der Waals surface area (Å²) in [6, 6.07) is 10.6. The van der Waals surface area contributed by atoms with E-state index in [0.29, 0.717) is 0 Å². The highest BCUT2D eigenvalue weighted by Crippen LogP contribution is 2.24. The maximum absolute atomic E-state index is 8.76. The second-order valence-corrected chi connectivity index (χ2v) is 4.02. The fourth-order valence-electron chi connectivity index (χ4n) is 1.33. The average molecular weight is 203 g/mol. The molecule has 1 aromatic carbocycles. The number of rotatable bonds is 1. The monoisotopic (exact) mass is 203 g/mol. The van der Waals surface area contributed by atoms with Crippen LogP contribution in [0.1, 0.15) is 25.8 Å². The van der Waals surface area contributed by atoms with Crippen molar-refractivity contribution in [3.8, 4) is 6.07 Å². The molecule has 0 aliphatic rings. The van der Waals surface area contributed by atoms with Crippen molar-refractivity contribution in [3.05, 3.63) is 35.2 Å². The van der Waals surface area contributed by atoms with Gasteiger partial charge in [0.2, 0.25) is 0 Å². The third kappa shape index (κ3) is 1.78. The number of hydrogen-bond acceptors (Lipinski definition) is 2. The van der Waals surface area contributed by atoms with E-state index in [1.165, 1.54) is 10.1 Å². The van der Waals surface area contributed by atoms with Crippen molar-refractivity contribution < 1.29 is 0 Å². The quantitative estimate of drug-likeness (QED) is 0.682. The van der Waals surface area contributed by atoms with Crippen molar-refractivity contribution >= 4 is 21.4 Å². The topological polar surface area (TPSA) is 23.8 Å². The lowest BCUT2D eigenvalue weighted by Gasteiger charge is -2.01. The first kappa shape index (κ1) is 10.7. The average Bonchev–Trinajstić information content (AvgIpc) is 2.63. The van der Waals surface area contributed by atoms with Gasteiger partial charge in [0.05, 0.1) is 12.0 Å². The summed E-state index contributed by atoms with van der Waals surface area (Å²) in [6.45, 7) is 1.92. The van der Waals surface area contributed by atoms with Crippen LogP contribution in [0.4, 0.5) is 0 Å². The van der Waals surface area contributed by atoms with Crippen LogP contribution in [-0.2, 0) is 0 Å². The molecule has 1 nitrogen and oxygen atoms in total. The van der Waals surface area contributed by atoms with Gasteiger partial charge in [-0.2, -0.15) is 5.26 Å². The zero-order valence-electron chi connectivity index (χ0n) is 7.32. The first-order chi connectivity index (χ1) is 6.31. The lowest BCUT2D eigenvalue weighted by molar-refractivity contribution is 0.985. The largest absolute Gasteiger partial charge is 0.198 e. The summed E-state index contributed by atoms with van der Waals surface area (Å²) in [7, 11) is 0. The van der Waals surface area contributed by atoms with Crippen LogP contribution in [0.15, 0.2) is 29.6 Å². The summed E-state index contributed by atoms with van der Waals surface area (Å²) < 4.78 is 1.29. The summed E-state index contributed by atoms with van der Waals surface area (Å²) in [4.78, 5) is 0. The van der Waals surface area contributed by atoms with Gasteiger partial charge in [0.15, 0.2) is 0 Å². The van der Waals surface area contributed by atoms with Gasteiger partial charge in [-0.15, -0.1) is 11.3 Å². The predicted molar refractivity (Wildman–Crippen MR) is 62.6 cm³/mol. The minimum atomic E-state index is -0.00991. The zero-order valence-corrected chi connectivity index (χ0v) is 8.14. The number of thiophene rings is 1. The fraction of sp³-hybridized carbons (Fsp3) is 0.250. The van der Waals surface area contributed by atoms with Gasteiger partial charge in [-0.1, -0.05) is 13.5 Å². The van der Waals surface area contributed by atoms with Gasteiger partial charge in [-0.05, 0) is 41.5 Å². The van der Waals surface area contributed by atoms with E-state index in [0.717, 1.165) is 5.56 Å². The molecular formula is C12H13NS. The van der Waals surface area contributed by atoms with Crippen molar-refractivity contribution in [1.29, 1.82) is 5.26 Å². The molecule has 0 saturated carbocycles. The van der Waals surface area contributed by atoms with E-state index in [1.807, 2.05) is 13.0 Å². The number of nitrogens with zero attached hydrogens (tertiary/aromatic N) is 1. The summed E-state index contributed by atoms with van der Waals surface area (Å²) in [5, 5.41) is 12.1. The molecule has 0 aliphatic carbocycles. The Balaban J connectivity index is 0.000000980. The first-order valence-electron chi connectivity index (χ1n) is 4.18. The summed E-state index contributed by atoms with van der Waals surface area (Å²) in [5.41, 5.74) is 1.11. The molecule has 1 heterocycles. The van der Waals surface area contributed by atoms with Gasteiger partial charge in [0.25, 0.3) is 0 Å². The predicted octanol–water partition coefficient (Wildman–Crippen LogP) is 4.16. The standard InChI is InChI=1S/C11H9NS.CH4/c1-8(7-12)9-2-3-11-10(6-9)4-5-13-11;/h2-6,8H,1H3;1H4. The highest BCUT2D eigenvalue weighted by molar-refractivity contribution is 7.17. The molecule has 72 valence electrons. The van der Waals surface area contributed by atoms with Gasteiger partial charge >= 0.3 is 0 Å². The molecule has 14 heavy (non-hydrogen) atoms. The molecule has 1 atom stereocenters. The Morgan fingerprint density at radius 2 is 2.14 bits per heavy atom. The SMILES string of the molecule is C.CC(C#N)c1ccc2sccc2c1. The van der Waals surface area contributed by atoms with Crippen molar-refractivity contribution in [2.75, 3.05) is 0 Å². The van der Waals surface area contributed by atoms with E-state index in [9.17, 15) is 0 Å². The number of fused-ring (bicyclic) bond motifs is 1. The summed E-state index contributed by atoms with van der Waals surface area (Å²) >= 11 is 1.73. The van der Waals surface area contributed by atoms with Crippen LogP contribution in [0.25, 0.3) is 10.1 Å². The van der Waals surface area contributed by atoms with E-state index in [1.54, 1.807) is 11.3 Å². The van der Waals surface area contributed by atoms with Crippen LogP contribution >= 0.6 is 11.3 Å². The fourth-order valence-corrected chi connectivity index (χ4v) is 2.10. The van der Waals surface area contributed by atoms with Gasteiger partial charge in [-0.25, -0.2) is 0 Å². The Hall–Kier alpha value is -1.33. The molecule has 2 heteroatoms. The summed E-state index contributed by atoms with van der Waals surface area (Å²) in [6.07, 6.45) is 0. The van der Waals surface area contributed by atoms with Crippen molar-refractivity contribution in [2.45, 2.75) is 20.3 Å². The van der Waals surface area contributed by atoms with E-state index in [-0.39, 0.29) is 13.3 Å². The van der Waals surface area contributed by atoms with Gasteiger partial charge in [0.1, 0.15) is 0 Å². The first-order valence-corrected chi connectivity index (χ1v) is 5.06. The maximum atomic E-state index is 8.76.